The smallest absolute Gasteiger partial charge is 0.253 e. The van der Waals surface area contributed by atoms with Crippen molar-refractivity contribution in [2.75, 3.05) is 26.8 Å². The van der Waals surface area contributed by atoms with E-state index in [1.807, 2.05) is 59.5 Å². The maximum Gasteiger partial charge on any atom is 0.253 e. The Morgan fingerprint density at radius 3 is 2.68 bits per heavy atom. The predicted octanol–water partition coefficient (Wildman–Crippen LogP) is 4.71. The van der Waals surface area contributed by atoms with Crippen molar-refractivity contribution in [3.63, 3.8) is 0 Å². The molecule has 4 nitrogen and oxygen atoms in total. The van der Waals surface area contributed by atoms with Gasteiger partial charge in [-0.3, -0.25) is 4.79 Å². The molecule has 3 aromatic carbocycles. The summed E-state index contributed by atoms with van der Waals surface area (Å²) in [4.78, 5) is 14.8. The van der Waals surface area contributed by atoms with E-state index >= 15 is 0 Å². The molecule has 1 heterocycles. The van der Waals surface area contributed by atoms with Gasteiger partial charge < -0.3 is 14.7 Å². The quantitative estimate of drug-likeness (QED) is 0.718. The van der Waals surface area contributed by atoms with Gasteiger partial charge in [0.2, 0.25) is 0 Å². The summed E-state index contributed by atoms with van der Waals surface area (Å²) in [6.45, 7) is 2.24. The highest BCUT2D eigenvalue weighted by atomic mass is 16.5. The fourth-order valence-electron chi connectivity index (χ4n) is 4.15. The summed E-state index contributed by atoms with van der Waals surface area (Å²) in [7, 11) is 1.71. The van der Waals surface area contributed by atoms with E-state index < -0.39 is 0 Å². The Kier molecular flexibility index (Phi) is 5.31. The first-order valence-electron chi connectivity index (χ1n) is 9.76. The monoisotopic (exact) mass is 375 g/mol. The van der Waals surface area contributed by atoms with E-state index in [4.69, 9.17) is 4.74 Å². The number of amides is 1. The van der Waals surface area contributed by atoms with Gasteiger partial charge in [0, 0.05) is 31.3 Å². The lowest BCUT2D eigenvalue weighted by Crippen LogP contribution is -2.41. The number of ether oxygens (including phenoxy) is 1. The molecule has 1 aliphatic heterocycles. The number of rotatable bonds is 4. The Labute approximate surface area is 165 Å². The zero-order chi connectivity index (χ0) is 19.5. The molecule has 1 atom stereocenters. The maximum absolute atomic E-state index is 12.9. The molecular weight excluding hydrogens is 350 g/mol. The molecule has 1 saturated heterocycles. The molecule has 4 heteroatoms. The highest BCUT2D eigenvalue weighted by Gasteiger charge is 2.24. The Morgan fingerprint density at radius 2 is 1.89 bits per heavy atom. The van der Waals surface area contributed by atoms with Crippen LogP contribution in [0.25, 0.3) is 21.9 Å². The summed E-state index contributed by atoms with van der Waals surface area (Å²) in [6, 6.07) is 19.2. The van der Waals surface area contributed by atoms with E-state index in [-0.39, 0.29) is 11.7 Å². The van der Waals surface area contributed by atoms with E-state index in [2.05, 4.69) is 0 Å². The van der Waals surface area contributed by atoms with E-state index in [0.29, 0.717) is 18.1 Å². The third-order valence-electron chi connectivity index (χ3n) is 5.54. The summed E-state index contributed by atoms with van der Waals surface area (Å²) in [5.41, 5.74) is 2.39. The van der Waals surface area contributed by atoms with Crippen LogP contribution in [0.2, 0.25) is 0 Å². The first kappa shape index (κ1) is 18.5. The zero-order valence-corrected chi connectivity index (χ0v) is 16.1. The minimum atomic E-state index is 0.0643. The fraction of sp³-hybridized carbons (Fsp3) is 0.292. The summed E-state index contributed by atoms with van der Waals surface area (Å²) in [5.74, 6) is 0.723. The highest BCUT2D eigenvalue weighted by Crippen LogP contribution is 2.36. The molecule has 1 N–H and O–H groups in total. The van der Waals surface area contributed by atoms with Gasteiger partial charge in [0.1, 0.15) is 5.75 Å². The van der Waals surface area contributed by atoms with E-state index in [0.717, 1.165) is 47.8 Å². The maximum atomic E-state index is 12.9. The largest absolute Gasteiger partial charge is 0.507 e. The van der Waals surface area contributed by atoms with Crippen molar-refractivity contribution in [3.05, 3.63) is 66.2 Å². The number of aromatic hydroxyl groups is 1. The van der Waals surface area contributed by atoms with Gasteiger partial charge in [-0.05, 0) is 53.3 Å². The van der Waals surface area contributed by atoms with Crippen molar-refractivity contribution in [2.45, 2.75) is 12.8 Å². The van der Waals surface area contributed by atoms with Gasteiger partial charge in [-0.25, -0.2) is 0 Å². The summed E-state index contributed by atoms with van der Waals surface area (Å²) in [6.07, 6.45) is 2.12. The molecule has 0 aromatic heterocycles. The molecule has 0 saturated carbocycles. The minimum Gasteiger partial charge on any atom is -0.507 e. The first-order valence-corrected chi connectivity index (χ1v) is 9.76. The van der Waals surface area contributed by atoms with Gasteiger partial charge in [0.05, 0.1) is 6.61 Å². The van der Waals surface area contributed by atoms with Crippen molar-refractivity contribution in [1.29, 1.82) is 0 Å². The van der Waals surface area contributed by atoms with Crippen LogP contribution in [0.3, 0.4) is 0 Å². The number of likely N-dealkylation sites (tertiary alicyclic amines) is 1. The molecule has 4 rings (SSSR count). The van der Waals surface area contributed by atoms with Crippen molar-refractivity contribution in [2.24, 2.45) is 5.92 Å². The summed E-state index contributed by atoms with van der Waals surface area (Å²) < 4.78 is 5.26. The van der Waals surface area contributed by atoms with Crippen LogP contribution >= 0.6 is 0 Å². The lowest BCUT2D eigenvalue weighted by Gasteiger charge is -2.32. The molecule has 1 aliphatic rings. The Bertz CT molecular complexity index is 979. The van der Waals surface area contributed by atoms with Crippen molar-refractivity contribution in [1.82, 2.24) is 4.90 Å². The van der Waals surface area contributed by atoms with E-state index in [1.54, 1.807) is 13.2 Å². The van der Waals surface area contributed by atoms with Gasteiger partial charge in [-0.15, -0.1) is 0 Å². The topological polar surface area (TPSA) is 49.8 Å². The molecule has 0 spiro atoms. The molecule has 1 fully saturated rings. The number of nitrogens with zero attached hydrogens (tertiary/aromatic N) is 1. The van der Waals surface area contributed by atoms with Crippen LogP contribution in [0.4, 0.5) is 0 Å². The van der Waals surface area contributed by atoms with Crippen LogP contribution in [0.1, 0.15) is 23.2 Å². The number of phenols is 1. The molecule has 28 heavy (non-hydrogen) atoms. The normalized spacial score (nSPS) is 17.0. The molecule has 0 radical (unpaired) electrons. The summed E-state index contributed by atoms with van der Waals surface area (Å²) in [5, 5.41) is 12.5. The average Bonchev–Trinajstić information content (AvgIpc) is 2.74. The fourth-order valence-corrected chi connectivity index (χ4v) is 4.15. The van der Waals surface area contributed by atoms with Gasteiger partial charge >= 0.3 is 0 Å². The Morgan fingerprint density at radius 1 is 1.11 bits per heavy atom. The van der Waals surface area contributed by atoms with E-state index in [1.165, 1.54) is 0 Å². The molecule has 1 amide bonds. The number of carbonyl (C=O) groups is 1. The van der Waals surface area contributed by atoms with Gasteiger partial charge in [0.15, 0.2) is 0 Å². The van der Waals surface area contributed by atoms with Crippen LogP contribution in [0.15, 0.2) is 60.7 Å². The Hall–Kier alpha value is -2.85. The molecule has 0 aliphatic carbocycles. The highest BCUT2D eigenvalue weighted by molar-refractivity contribution is 6.00. The summed E-state index contributed by atoms with van der Waals surface area (Å²) >= 11 is 0. The molecule has 0 bridgehead atoms. The number of hydrogen-bond acceptors (Lipinski definition) is 3. The van der Waals surface area contributed by atoms with Crippen molar-refractivity contribution < 1.29 is 14.6 Å². The van der Waals surface area contributed by atoms with Gasteiger partial charge in [-0.2, -0.15) is 0 Å². The van der Waals surface area contributed by atoms with Crippen LogP contribution in [-0.4, -0.2) is 42.7 Å². The second-order valence-electron chi connectivity index (χ2n) is 7.47. The predicted molar refractivity (Wildman–Crippen MR) is 112 cm³/mol. The first-order chi connectivity index (χ1) is 13.7. The molecule has 144 valence electrons. The van der Waals surface area contributed by atoms with E-state index in [9.17, 15) is 9.90 Å². The van der Waals surface area contributed by atoms with Crippen molar-refractivity contribution >= 4 is 16.7 Å². The van der Waals surface area contributed by atoms with Crippen LogP contribution in [0, 0.1) is 5.92 Å². The van der Waals surface area contributed by atoms with Gasteiger partial charge in [-0.1, -0.05) is 42.5 Å². The minimum absolute atomic E-state index is 0.0643. The van der Waals surface area contributed by atoms with Gasteiger partial charge in [0.25, 0.3) is 5.91 Å². The third-order valence-corrected chi connectivity index (χ3v) is 5.54. The average molecular weight is 375 g/mol. The van der Waals surface area contributed by atoms with Crippen molar-refractivity contribution in [3.8, 4) is 16.9 Å². The molecule has 1 unspecified atom stereocenters. The second kappa shape index (κ2) is 8.03. The molecule has 3 aromatic rings. The third kappa shape index (κ3) is 3.60. The van der Waals surface area contributed by atoms with Crippen LogP contribution in [-0.2, 0) is 4.74 Å². The Balaban J connectivity index is 1.60. The lowest BCUT2D eigenvalue weighted by molar-refractivity contribution is 0.0571. The molecular formula is C24H25NO3. The van der Waals surface area contributed by atoms with Crippen LogP contribution < -0.4 is 0 Å². The number of hydrogen-bond donors (Lipinski definition) is 1. The van der Waals surface area contributed by atoms with Crippen LogP contribution in [0.5, 0.6) is 5.75 Å². The number of phenolic OH excluding ortho intramolecular Hbond substituents is 1. The second-order valence-corrected chi connectivity index (χ2v) is 7.47. The number of fused-ring (bicyclic) bond motifs is 1. The number of methoxy groups -OCH3 is 1. The zero-order valence-electron chi connectivity index (χ0n) is 16.1. The number of carbonyl (C=O) groups excluding carboxylic acids is 1. The standard InChI is InChI=1S/C24H25NO3/c1-28-16-17-5-4-14-25(15-17)24(27)20-10-8-19(9-11-20)23-21-7-3-2-6-18(21)12-13-22(23)26/h2-3,6-13,17,26H,4-5,14-16H2,1H3. The number of piperidine rings is 1. The number of benzene rings is 3. The SMILES string of the molecule is COCC1CCCN(C(=O)c2ccc(-c3c(O)ccc4ccccc34)cc2)C1. The lowest BCUT2D eigenvalue weighted by atomic mass is 9.95.